The molecule has 2 rings (SSSR count). The summed E-state index contributed by atoms with van der Waals surface area (Å²) in [5, 5.41) is 6.07. The number of carbonyl (C=O) groups excluding carboxylic acids is 2. The number of allylic oxidation sites excluding steroid dienone is 1. The third-order valence-corrected chi connectivity index (χ3v) is 3.60. The number of amides is 2. The van der Waals surface area contributed by atoms with E-state index in [1.54, 1.807) is 32.0 Å². The third kappa shape index (κ3) is 3.31. The molecule has 0 bridgehead atoms. The zero-order valence-electron chi connectivity index (χ0n) is 11.5. The molecule has 2 N–H and O–H groups in total. The molecule has 0 aliphatic carbocycles. The molecule has 0 unspecified atom stereocenters. The quantitative estimate of drug-likeness (QED) is 0.837. The highest BCUT2D eigenvalue weighted by Gasteiger charge is 2.33. The molecule has 7 heteroatoms. The number of nitrogens with one attached hydrogen (secondary N) is 2. The van der Waals surface area contributed by atoms with E-state index in [0.29, 0.717) is 26.9 Å². The number of urea groups is 1. The van der Waals surface area contributed by atoms with Gasteiger partial charge in [0.25, 0.3) is 0 Å². The smallest absolute Gasteiger partial charge is 0.338 e. The van der Waals surface area contributed by atoms with Crippen molar-refractivity contribution in [2.24, 2.45) is 0 Å². The summed E-state index contributed by atoms with van der Waals surface area (Å²) >= 11 is 12.0. The molecule has 1 aromatic carbocycles. The van der Waals surface area contributed by atoms with Crippen LogP contribution >= 0.6 is 23.2 Å². The van der Waals surface area contributed by atoms with E-state index in [2.05, 4.69) is 10.6 Å². The number of esters is 1. The number of rotatable bonds is 3. The van der Waals surface area contributed by atoms with E-state index in [-0.39, 0.29) is 6.61 Å². The van der Waals surface area contributed by atoms with Crippen LogP contribution in [0.5, 0.6) is 0 Å². The van der Waals surface area contributed by atoms with Crippen LogP contribution in [0.15, 0.2) is 29.5 Å². The minimum absolute atomic E-state index is 0.241. The first-order valence-corrected chi connectivity index (χ1v) is 7.10. The highest BCUT2D eigenvalue weighted by molar-refractivity contribution is 6.35. The van der Waals surface area contributed by atoms with Crippen LogP contribution in [-0.4, -0.2) is 18.6 Å². The van der Waals surface area contributed by atoms with Crippen molar-refractivity contribution >= 4 is 35.2 Å². The molecule has 1 aliphatic heterocycles. The van der Waals surface area contributed by atoms with Gasteiger partial charge in [-0.15, -0.1) is 0 Å². The lowest BCUT2D eigenvalue weighted by Gasteiger charge is -2.28. The third-order valence-electron chi connectivity index (χ3n) is 3.04. The molecule has 0 saturated carbocycles. The Labute approximate surface area is 132 Å². The second kappa shape index (κ2) is 6.37. The second-order valence-corrected chi connectivity index (χ2v) is 5.30. The fourth-order valence-corrected chi connectivity index (χ4v) is 2.66. The molecule has 0 saturated heterocycles. The van der Waals surface area contributed by atoms with Gasteiger partial charge in [-0.05, 0) is 31.5 Å². The predicted molar refractivity (Wildman–Crippen MR) is 80.2 cm³/mol. The van der Waals surface area contributed by atoms with Gasteiger partial charge in [-0.25, -0.2) is 9.59 Å². The number of ether oxygens (including phenoxy) is 1. The van der Waals surface area contributed by atoms with Gasteiger partial charge in [0.2, 0.25) is 0 Å². The van der Waals surface area contributed by atoms with Crippen LogP contribution in [0.25, 0.3) is 0 Å². The lowest BCUT2D eigenvalue weighted by atomic mass is 9.95. The van der Waals surface area contributed by atoms with Crippen molar-refractivity contribution < 1.29 is 14.3 Å². The number of carbonyl (C=O) groups is 2. The van der Waals surface area contributed by atoms with Gasteiger partial charge in [0.1, 0.15) is 0 Å². The van der Waals surface area contributed by atoms with Crippen LogP contribution in [0.1, 0.15) is 25.5 Å². The first-order valence-electron chi connectivity index (χ1n) is 6.34. The molecule has 0 aromatic heterocycles. The maximum atomic E-state index is 12.1. The fourth-order valence-electron chi connectivity index (χ4n) is 2.14. The molecule has 1 atom stereocenters. The number of halogens is 2. The first-order chi connectivity index (χ1) is 9.93. The molecule has 5 nitrogen and oxygen atoms in total. The van der Waals surface area contributed by atoms with Crippen molar-refractivity contribution in [1.29, 1.82) is 0 Å². The highest BCUT2D eigenvalue weighted by Crippen LogP contribution is 2.33. The summed E-state index contributed by atoms with van der Waals surface area (Å²) in [5.41, 5.74) is 1.34. The van der Waals surface area contributed by atoms with Crippen LogP contribution < -0.4 is 10.6 Å². The Morgan fingerprint density at radius 2 is 2.10 bits per heavy atom. The van der Waals surface area contributed by atoms with Crippen LogP contribution in [0.4, 0.5) is 4.79 Å². The van der Waals surface area contributed by atoms with Crippen molar-refractivity contribution in [3.63, 3.8) is 0 Å². The molecular formula is C14H14Cl2N2O3. The fraction of sp³-hybridized carbons (Fsp3) is 0.286. The lowest BCUT2D eigenvalue weighted by Crippen LogP contribution is -2.45. The summed E-state index contributed by atoms with van der Waals surface area (Å²) in [6.45, 7) is 3.60. The van der Waals surface area contributed by atoms with E-state index in [0.717, 1.165) is 0 Å². The molecule has 1 heterocycles. The molecular weight excluding hydrogens is 315 g/mol. The monoisotopic (exact) mass is 328 g/mol. The zero-order valence-corrected chi connectivity index (χ0v) is 13.0. The first kappa shape index (κ1) is 15.7. The molecule has 1 aliphatic rings. The maximum Gasteiger partial charge on any atom is 0.338 e. The summed E-state index contributed by atoms with van der Waals surface area (Å²) < 4.78 is 5.05. The van der Waals surface area contributed by atoms with E-state index in [1.807, 2.05) is 0 Å². The average Bonchev–Trinajstić information content (AvgIpc) is 2.37. The summed E-state index contributed by atoms with van der Waals surface area (Å²) in [6, 6.07) is 3.80. The standard InChI is InChI=1S/C14H14Cl2N2O3/c1-3-21-13(19)11-7(2)17-14(20)18-12(11)9-5-4-8(15)6-10(9)16/h4-6,12H,3H2,1-2H3,(H2,17,18,20)/t12-/m1/s1. The van der Waals surface area contributed by atoms with E-state index in [1.165, 1.54) is 0 Å². The van der Waals surface area contributed by atoms with Gasteiger partial charge in [0.15, 0.2) is 0 Å². The molecule has 0 radical (unpaired) electrons. The van der Waals surface area contributed by atoms with E-state index < -0.39 is 18.0 Å². The van der Waals surface area contributed by atoms with Crippen LogP contribution in [0, 0.1) is 0 Å². The van der Waals surface area contributed by atoms with Gasteiger partial charge in [-0.1, -0.05) is 29.3 Å². The Morgan fingerprint density at radius 1 is 1.38 bits per heavy atom. The zero-order chi connectivity index (χ0) is 15.6. The molecule has 2 amide bonds. The number of hydrogen-bond acceptors (Lipinski definition) is 3. The largest absolute Gasteiger partial charge is 0.463 e. The van der Waals surface area contributed by atoms with Crippen molar-refractivity contribution in [2.75, 3.05) is 6.61 Å². The van der Waals surface area contributed by atoms with Gasteiger partial charge in [-0.3, -0.25) is 0 Å². The SMILES string of the molecule is CCOC(=O)C1=C(C)NC(=O)N[C@@H]1c1ccc(Cl)cc1Cl. The minimum Gasteiger partial charge on any atom is -0.463 e. The Morgan fingerprint density at radius 3 is 2.71 bits per heavy atom. The number of hydrogen-bond donors (Lipinski definition) is 2. The molecule has 0 spiro atoms. The topological polar surface area (TPSA) is 67.4 Å². The summed E-state index contributed by atoms with van der Waals surface area (Å²) in [4.78, 5) is 23.8. The van der Waals surface area contributed by atoms with Crippen molar-refractivity contribution in [3.05, 3.63) is 45.1 Å². The Hall–Kier alpha value is -1.72. The van der Waals surface area contributed by atoms with E-state index in [4.69, 9.17) is 27.9 Å². The normalized spacial score (nSPS) is 18.1. The lowest BCUT2D eigenvalue weighted by molar-refractivity contribution is -0.139. The Bertz CT molecular complexity index is 629. The Balaban J connectivity index is 2.49. The average molecular weight is 329 g/mol. The van der Waals surface area contributed by atoms with E-state index in [9.17, 15) is 9.59 Å². The van der Waals surface area contributed by atoms with Crippen LogP contribution in [-0.2, 0) is 9.53 Å². The van der Waals surface area contributed by atoms with Gasteiger partial charge in [-0.2, -0.15) is 0 Å². The van der Waals surface area contributed by atoms with Gasteiger partial charge in [0.05, 0.1) is 18.2 Å². The highest BCUT2D eigenvalue weighted by atomic mass is 35.5. The van der Waals surface area contributed by atoms with Gasteiger partial charge < -0.3 is 15.4 Å². The van der Waals surface area contributed by atoms with Gasteiger partial charge in [0, 0.05) is 15.7 Å². The van der Waals surface area contributed by atoms with Crippen molar-refractivity contribution in [2.45, 2.75) is 19.9 Å². The summed E-state index contributed by atoms with van der Waals surface area (Å²) in [7, 11) is 0. The van der Waals surface area contributed by atoms with Crippen LogP contribution in [0.3, 0.4) is 0 Å². The van der Waals surface area contributed by atoms with Crippen molar-refractivity contribution in [1.82, 2.24) is 10.6 Å². The van der Waals surface area contributed by atoms with E-state index >= 15 is 0 Å². The summed E-state index contributed by atoms with van der Waals surface area (Å²) in [6.07, 6.45) is 0. The second-order valence-electron chi connectivity index (χ2n) is 4.46. The maximum absolute atomic E-state index is 12.1. The predicted octanol–water partition coefficient (Wildman–Crippen LogP) is 3.18. The molecule has 21 heavy (non-hydrogen) atoms. The summed E-state index contributed by atoms with van der Waals surface area (Å²) in [5.74, 6) is -0.501. The minimum atomic E-state index is -0.678. The molecule has 0 fully saturated rings. The van der Waals surface area contributed by atoms with Crippen LogP contribution in [0.2, 0.25) is 10.0 Å². The number of benzene rings is 1. The molecule has 112 valence electrons. The molecule has 1 aromatic rings. The van der Waals surface area contributed by atoms with Gasteiger partial charge >= 0.3 is 12.0 Å². The Kier molecular flexibility index (Phi) is 4.75. The van der Waals surface area contributed by atoms with Crippen molar-refractivity contribution in [3.8, 4) is 0 Å².